The molecule has 0 aromatic heterocycles. The van der Waals surface area contributed by atoms with Gasteiger partial charge in [0.2, 0.25) is 5.91 Å². The zero-order valence-electron chi connectivity index (χ0n) is 12.0. The van der Waals surface area contributed by atoms with Crippen LogP contribution in [0.3, 0.4) is 0 Å². The highest BCUT2D eigenvalue weighted by Gasteiger charge is 2.35. The van der Waals surface area contributed by atoms with Gasteiger partial charge in [-0.15, -0.1) is 0 Å². The predicted octanol–water partition coefficient (Wildman–Crippen LogP) is 1.84. The van der Waals surface area contributed by atoms with E-state index in [0.29, 0.717) is 24.7 Å². The Bertz CT molecular complexity index is 450. The number of likely N-dealkylation sites (N-methyl/N-ethyl adjacent to an activating group) is 1. The number of nitrogens with zero attached hydrogens (tertiary/aromatic N) is 1. The molecule has 2 bridgehead atoms. The van der Waals surface area contributed by atoms with Crippen molar-refractivity contribution in [1.82, 2.24) is 10.2 Å². The van der Waals surface area contributed by atoms with Crippen LogP contribution >= 0.6 is 0 Å². The summed E-state index contributed by atoms with van der Waals surface area (Å²) in [6.07, 6.45) is 4.94. The van der Waals surface area contributed by atoms with Crippen LogP contribution in [0.4, 0.5) is 5.69 Å². The van der Waals surface area contributed by atoms with Crippen LogP contribution in [0.5, 0.6) is 0 Å². The van der Waals surface area contributed by atoms with Crippen LogP contribution < -0.4 is 10.6 Å². The second kappa shape index (κ2) is 5.94. The molecular weight excluding hydrogens is 250 g/mol. The van der Waals surface area contributed by atoms with Crippen LogP contribution in [-0.2, 0) is 4.79 Å². The molecule has 4 heteroatoms. The van der Waals surface area contributed by atoms with E-state index in [0.717, 1.165) is 5.69 Å². The molecule has 1 aromatic rings. The van der Waals surface area contributed by atoms with Crippen LogP contribution in [0.2, 0.25) is 0 Å². The lowest BCUT2D eigenvalue weighted by Gasteiger charge is -2.35. The summed E-state index contributed by atoms with van der Waals surface area (Å²) in [5.41, 5.74) is 0.872. The van der Waals surface area contributed by atoms with E-state index in [1.165, 1.54) is 25.7 Å². The lowest BCUT2D eigenvalue weighted by atomic mass is 9.98. The minimum Gasteiger partial charge on any atom is -0.325 e. The predicted molar refractivity (Wildman–Crippen MR) is 80.7 cm³/mol. The number of carbonyl (C=O) groups excluding carboxylic acids is 1. The van der Waals surface area contributed by atoms with Gasteiger partial charge in [-0.05, 0) is 44.9 Å². The quantitative estimate of drug-likeness (QED) is 0.880. The van der Waals surface area contributed by atoms with Crippen LogP contribution in [0, 0.1) is 0 Å². The molecule has 2 N–H and O–H groups in total. The van der Waals surface area contributed by atoms with Crippen LogP contribution in [0.1, 0.15) is 25.7 Å². The number of fused-ring (bicyclic) bond motifs is 2. The third-order valence-electron chi connectivity index (χ3n) is 4.52. The van der Waals surface area contributed by atoms with Gasteiger partial charge in [-0.1, -0.05) is 18.2 Å². The Morgan fingerprint density at radius 3 is 2.55 bits per heavy atom. The summed E-state index contributed by atoms with van der Waals surface area (Å²) in [5, 5.41) is 6.59. The molecule has 0 saturated carbocycles. The lowest BCUT2D eigenvalue weighted by molar-refractivity contribution is -0.117. The Kier molecular flexibility index (Phi) is 4.03. The summed E-state index contributed by atoms with van der Waals surface area (Å²) in [4.78, 5) is 14.3. The number of anilines is 1. The number of hydrogen-bond acceptors (Lipinski definition) is 3. The summed E-state index contributed by atoms with van der Waals surface area (Å²) in [7, 11) is 2.07. The smallest absolute Gasteiger partial charge is 0.238 e. The molecule has 2 saturated heterocycles. The number of para-hydroxylation sites is 1. The molecule has 0 radical (unpaired) electrons. The van der Waals surface area contributed by atoms with Gasteiger partial charge < -0.3 is 10.6 Å². The molecule has 3 rings (SSSR count). The van der Waals surface area contributed by atoms with Crippen molar-refractivity contribution in [2.24, 2.45) is 0 Å². The summed E-state index contributed by atoms with van der Waals surface area (Å²) in [5.74, 6) is 0.0737. The lowest BCUT2D eigenvalue weighted by Crippen LogP contribution is -2.48. The molecule has 2 atom stereocenters. The van der Waals surface area contributed by atoms with Gasteiger partial charge in [0.1, 0.15) is 0 Å². The summed E-state index contributed by atoms with van der Waals surface area (Å²) in [6, 6.07) is 11.5. The third kappa shape index (κ3) is 3.19. The topological polar surface area (TPSA) is 44.4 Å². The Morgan fingerprint density at radius 1 is 1.25 bits per heavy atom. The van der Waals surface area contributed by atoms with Crippen LogP contribution in [0.25, 0.3) is 0 Å². The van der Waals surface area contributed by atoms with Crippen molar-refractivity contribution in [3.05, 3.63) is 30.3 Å². The van der Waals surface area contributed by atoms with E-state index in [-0.39, 0.29) is 5.91 Å². The maximum Gasteiger partial charge on any atom is 0.238 e. The van der Waals surface area contributed by atoms with Crippen molar-refractivity contribution in [2.45, 2.75) is 43.8 Å². The second-order valence-corrected chi connectivity index (χ2v) is 6.09. The number of amides is 1. The summed E-state index contributed by atoms with van der Waals surface area (Å²) in [6.45, 7) is 0.471. The number of hydrogen-bond donors (Lipinski definition) is 2. The van der Waals surface area contributed by atoms with E-state index in [1.54, 1.807) is 0 Å². The molecule has 1 amide bonds. The molecule has 2 unspecified atom stereocenters. The monoisotopic (exact) mass is 273 g/mol. The van der Waals surface area contributed by atoms with Gasteiger partial charge in [-0.2, -0.15) is 0 Å². The van der Waals surface area contributed by atoms with E-state index in [1.807, 2.05) is 30.3 Å². The Balaban J connectivity index is 1.51. The second-order valence-electron chi connectivity index (χ2n) is 6.09. The van der Waals surface area contributed by atoms with Crippen molar-refractivity contribution < 1.29 is 4.79 Å². The third-order valence-corrected chi connectivity index (χ3v) is 4.52. The Hall–Kier alpha value is -1.39. The van der Waals surface area contributed by atoms with Crippen molar-refractivity contribution in [2.75, 3.05) is 18.9 Å². The number of benzene rings is 1. The van der Waals surface area contributed by atoms with Crippen molar-refractivity contribution in [3.63, 3.8) is 0 Å². The number of carbonyl (C=O) groups is 1. The number of nitrogens with one attached hydrogen (secondary N) is 2. The van der Waals surface area contributed by atoms with E-state index in [2.05, 4.69) is 22.6 Å². The Labute approximate surface area is 120 Å². The van der Waals surface area contributed by atoms with Gasteiger partial charge in [-0.3, -0.25) is 9.69 Å². The molecule has 20 heavy (non-hydrogen) atoms. The highest BCUT2D eigenvalue weighted by atomic mass is 16.2. The molecule has 2 fully saturated rings. The summed E-state index contributed by atoms with van der Waals surface area (Å²) >= 11 is 0. The molecular formula is C16H23N3O. The molecule has 2 heterocycles. The molecule has 0 spiro atoms. The minimum absolute atomic E-state index is 0.0737. The molecule has 2 aliphatic heterocycles. The van der Waals surface area contributed by atoms with Crippen LogP contribution in [-0.4, -0.2) is 42.5 Å². The van der Waals surface area contributed by atoms with Gasteiger partial charge >= 0.3 is 0 Å². The number of piperidine rings is 1. The fourth-order valence-corrected chi connectivity index (χ4v) is 3.46. The normalized spacial score (nSPS) is 28.6. The number of rotatable bonds is 4. The highest BCUT2D eigenvalue weighted by Crippen LogP contribution is 2.29. The standard InChI is InChI=1S/C16H23N3O/c1-19(15-9-13-7-8-14(10-15)17-13)11-16(20)18-12-5-3-2-4-6-12/h2-6,13-15,17H,7-11H2,1H3,(H,18,20). The maximum absolute atomic E-state index is 12.1. The van der Waals surface area contributed by atoms with Crippen molar-refractivity contribution in [3.8, 4) is 0 Å². The van der Waals surface area contributed by atoms with E-state index in [4.69, 9.17) is 0 Å². The fraction of sp³-hybridized carbons (Fsp3) is 0.562. The van der Waals surface area contributed by atoms with Crippen LogP contribution in [0.15, 0.2) is 30.3 Å². The first kappa shape index (κ1) is 13.6. The van der Waals surface area contributed by atoms with Crippen molar-refractivity contribution >= 4 is 11.6 Å². The van der Waals surface area contributed by atoms with Gasteiger partial charge in [0.15, 0.2) is 0 Å². The first-order valence-electron chi connectivity index (χ1n) is 7.52. The summed E-state index contributed by atoms with van der Waals surface area (Å²) < 4.78 is 0. The van der Waals surface area contributed by atoms with E-state index < -0.39 is 0 Å². The molecule has 2 aliphatic rings. The first-order valence-corrected chi connectivity index (χ1v) is 7.52. The molecule has 1 aromatic carbocycles. The minimum atomic E-state index is 0.0737. The zero-order valence-corrected chi connectivity index (χ0v) is 12.0. The largest absolute Gasteiger partial charge is 0.325 e. The van der Waals surface area contributed by atoms with Gasteiger partial charge in [0, 0.05) is 23.8 Å². The average Bonchev–Trinajstić information content (AvgIpc) is 2.78. The Morgan fingerprint density at radius 2 is 1.90 bits per heavy atom. The molecule has 0 aliphatic carbocycles. The molecule has 108 valence electrons. The maximum atomic E-state index is 12.1. The highest BCUT2D eigenvalue weighted by molar-refractivity contribution is 5.92. The van der Waals surface area contributed by atoms with E-state index >= 15 is 0 Å². The SMILES string of the molecule is CN(CC(=O)Nc1ccccc1)C1CC2CCC(C1)N2. The first-order chi connectivity index (χ1) is 9.70. The zero-order chi connectivity index (χ0) is 13.9. The van der Waals surface area contributed by atoms with Gasteiger partial charge in [0.05, 0.1) is 6.54 Å². The average molecular weight is 273 g/mol. The fourth-order valence-electron chi connectivity index (χ4n) is 3.46. The van der Waals surface area contributed by atoms with Crippen molar-refractivity contribution in [1.29, 1.82) is 0 Å². The van der Waals surface area contributed by atoms with Gasteiger partial charge in [0.25, 0.3) is 0 Å². The molecule has 4 nitrogen and oxygen atoms in total. The van der Waals surface area contributed by atoms with Gasteiger partial charge in [-0.25, -0.2) is 0 Å². The van der Waals surface area contributed by atoms with E-state index in [9.17, 15) is 4.79 Å².